The lowest BCUT2D eigenvalue weighted by Gasteiger charge is -2.40. The van der Waals surface area contributed by atoms with Crippen molar-refractivity contribution in [2.24, 2.45) is 11.7 Å². The van der Waals surface area contributed by atoms with Crippen LogP contribution in [0, 0.1) is 5.92 Å². The number of hydrogen-bond acceptors (Lipinski definition) is 2. The molecule has 0 aromatic heterocycles. The van der Waals surface area contributed by atoms with Gasteiger partial charge in [-0.25, -0.2) is 0 Å². The van der Waals surface area contributed by atoms with Gasteiger partial charge in [-0.1, -0.05) is 31.2 Å². The van der Waals surface area contributed by atoms with Crippen molar-refractivity contribution < 1.29 is 0 Å². The van der Waals surface area contributed by atoms with Crippen molar-refractivity contribution in [3.05, 3.63) is 35.4 Å². The quantitative estimate of drug-likeness (QED) is 0.835. The lowest BCUT2D eigenvalue weighted by Crippen LogP contribution is -2.46. The summed E-state index contributed by atoms with van der Waals surface area (Å²) in [5.41, 5.74) is 9.54. The molecule has 2 atom stereocenters. The van der Waals surface area contributed by atoms with Crippen LogP contribution in [-0.4, -0.2) is 24.0 Å². The summed E-state index contributed by atoms with van der Waals surface area (Å²) >= 11 is 0. The molecule has 0 radical (unpaired) electrons. The van der Waals surface area contributed by atoms with E-state index < -0.39 is 0 Å². The van der Waals surface area contributed by atoms with Gasteiger partial charge < -0.3 is 5.73 Å². The number of nitrogens with zero attached hydrogens (tertiary/aromatic N) is 1. The fraction of sp³-hybridized carbons (Fsp3) is 0.684. The minimum atomic E-state index is 0.174. The Hall–Kier alpha value is -0.860. The molecule has 1 saturated carbocycles. The zero-order valence-electron chi connectivity index (χ0n) is 13.6. The molecule has 2 nitrogen and oxygen atoms in total. The predicted molar refractivity (Wildman–Crippen MR) is 89.3 cm³/mol. The van der Waals surface area contributed by atoms with Gasteiger partial charge in [0.2, 0.25) is 0 Å². The topological polar surface area (TPSA) is 29.3 Å². The van der Waals surface area contributed by atoms with Gasteiger partial charge in [0, 0.05) is 18.1 Å². The first kappa shape index (κ1) is 15.1. The van der Waals surface area contributed by atoms with Crippen molar-refractivity contribution in [2.75, 3.05) is 7.05 Å². The molecule has 2 aliphatic carbocycles. The van der Waals surface area contributed by atoms with Crippen LogP contribution >= 0.6 is 0 Å². The molecule has 0 spiro atoms. The van der Waals surface area contributed by atoms with E-state index in [-0.39, 0.29) is 6.04 Å². The number of benzene rings is 1. The number of hydrogen-bond donors (Lipinski definition) is 1. The molecule has 1 fully saturated rings. The van der Waals surface area contributed by atoms with Crippen LogP contribution in [0.1, 0.15) is 62.6 Å². The molecule has 0 bridgehead atoms. The van der Waals surface area contributed by atoms with Crippen molar-refractivity contribution >= 4 is 0 Å². The predicted octanol–water partition coefficient (Wildman–Crippen LogP) is 3.90. The first-order valence-corrected chi connectivity index (χ1v) is 8.72. The molecular weight excluding hydrogens is 256 g/mol. The van der Waals surface area contributed by atoms with Gasteiger partial charge in [-0.15, -0.1) is 0 Å². The van der Waals surface area contributed by atoms with Crippen molar-refractivity contribution in [3.8, 4) is 0 Å². The van der Waals surface area contributed by atoms with Crippen molar-refractivity contribution in [1.29, 1.82) is 0 Å². The number of fused-ring (bicyclic) bond motifs is 1. The van der Waals surface area contributed by atoms with Crippen LogP contribution in [-0.2, 0) is 6.42 Å². The molecule has 2 unspecified atom stereocenters. The van der Waals surface area contributed by atoms with E-state index in [9.17, 15) is 0 Å². The summed E-state index contributed by atoms with van der Waals surface area (Å²) in [6, 6.07) is 10.2. The second-order valence-electron chi connectivity index (χ2n) is 7.26. The maximum Gasteiger partial charge on any atom is 0.0455 e. The molecule has 2 heteroatoms. The average molecular weight is 286 g/mol. The molecule has 0 aliphatic heterocycles. The van der Waals surface area contributed by atoms with Gasteiger partial charge in [0.25, 0.3) is 0 Å². The molecule has 21 heavy (non-hydrogen) atoms. The first-order valence-electron chi connectivity index (χ1n) is 8.72. The Morgan fingerprint density at radius 3 is 2.52 bits per heavy atom. The van der Waals surface area contributed by atoms with Crippen LogP contribution in [0.5, 0.6) is 0 Å². The summed E-state index contributed by atoms with van der Waals surface area (Å²) < 4.78 is 0. The number of nitrogens with two attached hydrogens (primary N) is 1. The van der Waals surface area contributed by atoms with Gasteiger partial charge in [-0.05, 0) is 69.0 Å². The molecule has 2 aliphatic rings. The molecule has 116 valence electrons. The third kappa shape index (κ3) is 3.17. The normalized spacial score (nSPS) is 33.5. The largest absolute Gasteiger partial charge is 0.323 e. The van der Waals surface area contributed by atoms with Crippen LogP contribution < -0.4 is 5.73 Å². The standard InChI is InChI=1S/C19H30N2/c1-14-10-12-16(13-11-14)21(2)18-9-5-7-15-6-3-4-8-17(15)19(18)20/h3-4,6,8,14,16,18-19H,5,7,9-13,20H2,1-2H3. The Bertz CT molecular complexity index is 462. The van der Waals surface area contributed by atoms with E-state index in [1.165, 1.54) is 56.1 Å². The molecular formula is C19H30N2. The lowest BCUT2D eigenvalue weighted by molar-refractivity contribution is 0.103. The zero-order valence-corrected chi connectivity index (χ0v) is 13.6. The summed E-state index contributed by atoms with van der Waals surface area (Å²) in [5, 5.41) is 0. The Morgan fingerprint density at radius 1 is 1.05 bits per heavy atom. The third-order valence-corrected chi connectivity index (χ3v) is 5.86. The van der Waals surface area contributed by atoms with E-state index in [2.05, 4.69) is 43.1 Å². The van der Waals surface area contributed by atoms with Crippen LogP contribution in [0.15, 0.2) is 24.3 Å². The summed E-state index contributed by atoms with van der Waals surface area (Å²) in [7, 11) is 2.32. The van der Waals surface area contributed by atoms with E-state index in [1.807, 2.05) is 0 Å². The third-order valence-electron chi connectivity index (χ3n) is 5.86. The molecule has 2 N–H and O–H groups in total. The highest BCUT2D eigenvalue weighted by Crippen LogP contribution is 2.34. The van der Waals surface area contributed by atoms with Crippen LogP contribution in [0.3, 0.4) is 0 Å². The van der Waals surface area contributed by atoms with E-state index >= 15 is 0 Å². The highest BCUT2D eigenvalue weighted by molar-refractivity contribution is 5.32. The van der Waals surface area contributed by atoms with E-state index in [4.69, 9.17) is 5.73 Å². The maximum atomic E-state index is 6.68. The summed E-state index contributed by atoms with van der Waals surface area (Å²) in [6.07, 6.45) is 9.16. The van der Waals surface area contributed by atoms with Crippen LogP contribution in [0.2, 0.25) is 0 Å². The van der Waals surface area contributed by atoms with Gasteiger partial charge in [-0.3, -0.25) is 4.90 Å². The maximum absolute atomic E-state index is 6.68. The van der Waals surface area contributed by atoms with Crippen LogP contribution in [0.25, 0.3) is 0 Å². The second-order valence-corrected chi connectivity index (χ2v) is 7.26. The summed E-state index contributed by atoms with van der Waals surface area (Å²) in [6.45, 7) is 2.39. The molecule has 0 heterocycles. The number of likely N-dealkylation sites (N-methyl/N-ethyl adjacent to an activating group) is 1. The fourth-order valence-electron chi connectivity index (χ4n) is 4.35. The monoisotopic (exact) mass is 286 g/mol. The smallest absolute Gasteiger partial charge is 0.0455 e. The number of rotatable bonds is 2. The molecule has 1 aromatic carbocycles. The van der Waals surface area contributed by atoms with E-state index in [0.29, 0.717) is 6.04 Å². The Balaban J connectivity index is 1.75. The highest BCUT2D eigenvalue weighted by atomic mass is 15.2. The Kier molecular flexibility index (Phi) is 4.66. The summed E-state index contributed by atoms with van der Waals surface area (Å²) in [5.74, 6) is 0.915. The van der Waals surface area contributed by atoms with Gasteiger partial charge in [-0.2, -0.15) is 0 Å². The van der Waals surface area contributed by atoms with E-state index in [0.717, 1.165) is 12.0 Å². The Morgan fingerprint density at radius 2 is 1.76 bits per heavy atom. The van der Waals surface area contributed by atoms with Crippen LogP contribution in [0.4, 0.5) is 0 Å². The fourth-order valence-corrected chi connectivity index (χ4v) is 4.35. The highest BCUT2D eigenvalue weighted by Gasteiger charge is 2.32. The second kappa shape index (κ2) is 6.50. The van der Waals surface area contributed by atoms with Gasteiger partial charge in [0.15, 0.2) is 0 Å². The van der Waals surface area contributed by atoms with Gasteiger partial charge in [0.05, 0.1) is 0 Å². The van der Waals surface area contributed by atoms with E-state index in [1.54, 1.807) is 0 Å². The molecule has 0 amide bonds. The molecule has 0 saturated heterocycles. The van der Waals surface area contributed by atoms with Crippen molar-refractivity contribution in [3.63, 3.8) is 0 Å². The zero-order chi connectivity index (χ0) is 14.8. The molecule has 1 aromatic rings. The summed E-state index contributed by atoms with van der Waals surface area (Å²) in [4.78, 5) is 2.62. The molecule has 3 rings (SSSR count). The van der Waals surface area contributed by atoms with Crippen molar-refractivity contribution in [1.82, 2.24) is 4.90 Å². The first-order chi connectivity index (χ1) is 10.2. The minimum absolute atomic E-state index is 0.174. The SMILES string of the molecule is CC1CCC(N(C)C2CCCc3ccccc3C2N)CC1. The number of aryl methyl sites for hydroxylation is 1. The van der Waals surface area contributed by atoms with Gasteiger partial charge in [0.1, 0.15) is 0 Å². The average Bonchev–Trinajstić information content (AvgIpc) is 2.67. The minimum Gasteiger partial charge on any atom is -0.323 e. The van der Waals surface area contributed by atoms with Crippen molar-refractivity contribution in [2.45, 2.75) is 70.0 Å². The Labute approximate surface area is 129 Å². The van der Waals surface area contributed by atoms with Gasteiger partial charge >= 0.3 is 0 Å². The lowest BCUT2D eigenvalue weighted by atomic mass is 9.85.